The molecule has 3 aromatic rings. The largest absolute Gasteiger partial charge is 0.534 e. The molecule has 1 fully saturated rings. The van der Waals surface area contributed by atoms with Crippen LogP contribution in [0.4, 0.5) is 23.4 Å². The Kier molecular flexibility index (Phi) is 4.56. The summed E-state index contributed by atoms with van der Waals surface area (Å²) in [7, 11) is -5.95. The maximum atomic E-state index is 13.8. The summed E-state index contributed by atoms with van der Waals surface area (Å²) in [5.74, 6) is -1.18. The fraction of sp³-hybridized carbons (Fsp3) is 0.312. The fourth-order valence-electron chi connectivity index (χ4n) is 3.24. The molecule has 3 aromatic heterocycles. The van der Waals surface area contributed by atoms with Crippen LogP contribution < -0.4 is 9.08 Å². The van der Waals surface area contributed by atoms with E-state index in [1.807, 2.05) is 0 Å². The second kappa shape index (κ2) is 6.83. The number of pyridine rings is 2. The number of aromatic amines is 1. The highest BCUT2D eigenvalue weighted by Gasteiger charge is 2.49. The highest BCUT2D eigenvalue weighted by molar-refractivity contribution is 7.87. The monoisotopic (exact) mass is 431 g/mol. The van der Waals surface area contributed by atoms with Crippen LogP contribution in [-0.2, 0) is 10.1 Å². The predicted octanol–water partition coefficient (Wildman–Crippen LogP) is 3.06. The van der Waals surface area contributed by atoms with Gasteiger partial charge in [0.1, 0.15) is 17.2 Å². The number of nitrogens with one attached hydrogen (secondary N) is 1. The van der Waals surface area contributed by atoms with Crippen LogP contribution in [0.25, 0.3) is 11.2 Å². The van der Waals surface area contributed by atoms with Crippen LogP contribution in [0.1, 0.15) is 24.4 Å². The zero-order valence-corrected chi connectivity index (χ0v) is 15.3. The van der Waals surface area contributed by atoms with Crippen LogP contribution in [0, 0.1) is 5.82 Å². The Labute approximate surface area is 161 Å². The number of nitrogens with zero attached hydrogens (tertiary/aromatic N) is 4. The number of anilines is 1. The molecule has 0 bridgehead atoms. The molecular weight excluding hydrogens is 418 g/mol. The van der Waals surface area contributed by atoms with Gasteiger partial charge in [-0.2, -0.15) is 21.6 Å². The van der Waals surface area contributed by atoms with Crippen LogP contribution >= 0.6 is 0 Å². The first-order chi connectivity index (χ1) is 13.7. The number of fused-ring (bicyclic) bond motifs is 1. The lowest BCUT2D eigenvalue weighted by atomic mass is 10.1. The zero-order chi connectivity index (χ0) is 20.8. The van der Waals surface area contributed by atoms with Crippen molar-refractivity contribution in [1.82, 2.24) is 19.9 Å². The third-order valence-electron chi connectivity index (χ3n) is 4.49. The number of alkyl halides is 3. The summed E-state index contributed by atoms with van der Waals surface area (Å²) in [6.07, 6.45) is 3.10. The number of aromatic nitrogens is 4. The van der Waals surface area contributed by atoms with Crippen LogP contribution in [0.15, 0.2) is 30.7 Å². The quantitative estimate of drug-likeness (QED) is 0.385. The van der Waals surface area contributed by atoms with Crippen molar-refractivity contribution in [2.45, 2.75) is 24.4 Å². The Morgan fingerprint density at radius 1 is 1.24 bits per heavy atom. The van der Waals surface area contributed by atoms with Crippen LogP contribution in [0.3, 0.4) is 0 Å². The van der Waals surface area contributed by atoms with E-state index in [2.05, 4.69) is 24.1 Å². The molecule has 154 valence electrons. The first-order valence-electron chi connectivity index (χ1n) is 8.39. The van der Waals surface area contributed by atoms with E-state index < -0.39 is 33.4 Å². The van der Waals surface area contributed by atoms with Gasteiger partial charge in [0.2, 0.25) is 5.88 Å². The molecule has 8 nitrogen and oxygen atoms in total. The summed E-state index contributed by atoms with van der Waals surface area (Å²) in [5.41, 5.74) is -4.62. The Morgan fingerprint density at radius 3 is 2.79 bits per heavy atom. The molecule has 0 aliphatic carbocycles. The fourth-order valence-corrected chi connectivity index (χ4v) is 3.68. The van der Waals surface area contributed by atoms with Crippen molar-refractivity contribution in [3.63, 3.8) is 0 Å². The molecule has 1 N–H and O–H groups in total. The maximum absolute atomic E-state index is 13.8. The number of imidazole rings is 1. The van der Waals surface area contributed by atoms with Gasteiger partial charge in [0.15, 0.2) is 5.65 Å². The summed E-state index contributed by atoms with van der Waals surface area (Å²) in [6, 6.07) is 3.62. The molecule has 0 amide bonds. The van der Waals surface area contributed by atoms with Crippen molar-refractivity contribution in [3.05, 3.63) is 42.1 Å². The van der Waals surface area contributed by atoms with Crippen molar-refractivity contribution in [3.8, 4) is 5.88 Å². The van der Waals surface area contributed by atoms with E-state index in [0.717, 1.165) is 6.07 Å². The van der Waals surface area contributed by atoms with Gasteiger partial charge in [-0.05, 0) is 31.0 Å². The molecular formula is C16H13F4N5O3S. The number of hydrogen-bond acceptors (Lipinski definition) is 7. The van der Waals surface area contributed by atoms with Gasteiger partial charge in [-0.25, -0.2) is 19.3 Å². The number of rotatable bonds is 4. The van der Waals surface area contributed by atoms with Gasteiger partial charge in [-0.15, -0.1) is 0 Å². The van der Waals surface area contributed by atoms with E-state index in [4.69, 9.17) is 0 Å². The van der Waals surface area contributed by atoms with Crippen LogP contribution in [-0.4, -0.2) is 40.4 Å². The zero-order valence-electron chi connectivity index (χ0n) is 14.5. The summed E-state index contributed by atoms with van der Waals surface area (Å²) < 4.78 is 79.1. The van der Waals surface area contributed by atoms with Crippen molar-refractivity contribution in [2.24, 2.45) is 0 Å². The molecule has 1 aliphatic heterocycles. The first-order valence-corrected chi connectivity index (χ1v) is 9.79. The molecule has 0 spiro atoms. The lowest BCUT2D eigenvalue weighted by Crippen LogP contribution is -2.30. The molecule has 0 aromatic carbocycles. The van der Waals surface area contributed by atoms with E-state index in [9.17, 15) is 26.0 Å². The number of halogens is 4. The summed E-state index contributed by atoms with van der Waals surface area (Å²) in [4.78, 5) is 16.5. The summed E-state index contributed by atoms with van der Waals surface area (Å²) >= 11 is 0. The smallest absolute Gasteiger partial charge is 0.355 e. The average Bonchev–Trinajstić information content (AvgIpc) is 3.30. The van der Waals surface area contributed by atoms with E-state index in [1.165, 1.54) is 6.33 Å². The molecule has 0 saturated carbocycles. The maximum Gasteiger partial charge on any atom is 0.534 e. The minimum absolute atomic E-state index is 0.109. The van der Waals surface area contributed by atoms with E-state index in [0.29, 0.717) is 42.6 Å². The predicted molar refractivity (Wildman–Crippen MR) is 93.0 cm³/mol. The molecule has 0 radical (unpaired) electrons. The number of H-pyrrole nitrogens is 1. The standard InChI is InChI=1S/C16H13F4N5O3S/c17-9-6-10(15(21-7-9)28-29(26,27)16(18,19)20)12-2-1-5-25(12)13-4-3-11-14(24-13)23-8-22-11/h3-4,6-8,12H,1-2,5H2,(H,22,23,24). The van der Waals surface area contributed by atoms with Gasteiger partial charge >= 0.3 is 15.6 Å². The SMILES string of the molecule is O=S(=O)(Oc1ncc(F)cc1C1CCCN1c1ccc2nc[nH]c2n1)C(F)(F)F. The molecule has 1 atom stereocenters. The van der Waals surface area contributed by atoms with E-state index >= 15 is 0 Å². The molecule has 29 heavy (non-hydrogen) atoms. The second-order valence-electron chi connectivity index (χ2n) is 6.32. The van der Waals surface area contributed by atoms with Gasteiger partial charge < -0.3 is 14.1 Å². The van der Waals surface area contributed by atoms with Crippen molar-refractivity contribution in [1.29, 1.82) is 0 Å². The third kappa shape index (κ3) is 3.57. The lowest BCUT2D eigenvalue weighted by Gasteiger charge is -2.27. The van der Waals surface area contributed by atoms with Gasteiger partial charge in [0.25, 0.3) is 0 Å². The first kappa shape index (κ1) is 19.4. The Morgan fingerprint density at radius 2 is 2.03 bits per heavy atom. The van der Waals surface area contributed by atoms with Gasteiger partial charge in [0.05, 0.1) is 18.6 Å². The average molecular weight is 431 g/mol. The third-order valence-corrected chi connectivity index (χ3v) is 5.43. The van der Waals surface area contributed by atoms with E-state index in [-0.39, 0.29) is 5.56 Å². The topological polar surface area (TPSA) is 101 Å². The second-order valence-corrected chi connectivity index (χ2v) is 7.86. The van der Waals surface area contributed by atoms with Crippen molar-refractivity contribution in [2.75, 3.05) is 11.4 Å². The molecule has 4 rings (SSSR count). The van der Waals surface area contributed by atoms with Crippen LogP contribution in [0.2, 0.25) is 0 Å². The minimum atomic E-state index is -5.95. The lowest BCUT2D eigenvalue weighted by molar-refractivity contribution is -0.0501. The Hall–Kier alpha value is -2.96. The molecule has 1 aliphatic rings. The van der Waals surface area contributed by atoms with Crippen molar-refractivity contribution < 1.29 is 30.2 Å². The summed E-state index contributed by atoms with van der Waals surface area (Å²) in [5, 5.41) is 0. The number of hydrogen-bond donors (Lipinski definition) is 1. The molecule has 1 unspecified atom stereocenters. The normalized spacial score (nSPS) is 17.8. The molecule has 1 saturated heterocycles. The van der Waals surface area contributed by atoms with Crippen molar-refractivity contribution >= 4 is 27.1 Å². The van der Waals surface area contributed by atoms with Crippen LogP contribution in [0.5, 0.6) is 5.88 Å². The van der Waals surface area contributed by atoms with Gasteiger partial charge in [0, 0.05) is 12.1 Å². The van der Waals surface area contributed by atoms with E-state index in [1.54, 1.807) is 17.0 Å². The Balaban J connectivity index is 1.74. The van der Waals surface area contributed by atoms with Gasteiger partial charge in [-0.1, -0.05) is 0 Å². The summed E-state index contributed by atoms with van der Waals surface area (Å²) in [6.45, 7) is 0.472. The molecule has 4 heterocycles. The Bertz CT molecular complexity index is 1160. The highest BCUT2D eigenvalue weighted by Crippen LogP contribution is 2.40. The molecule has 13 heteroatoms. The van der Waals surface area contributed by atoms with Gasteiger partial charge in [-0.3, -0.25) is 0 Å². The highest BCUT2D eigenvalue weighted by atomic mass is 32.2. The minimum Gasteiger partial charge on any atom is -0.355 e.